The molecule has 0 saturated heterocycles. The second kappa shape index (κ2) is 6.36. The zero-order valence-electron chi connectivity index (χ0n) is 13.5. The van der Waals surface area contributed by atoms with Gasteiger partial charge in [0.15, 0.2) is 5.76 Å². The lowest BCUT2D eigenvalue weighted by Gasteiger charge is -2.35. The molecular weight excluding hydrogens is 390 g/mol. The van der Waals surface area contributed by atoms with Crippen LogP contribution in [0.4, 0.5) is 26.3 Å². The van der Waals surface area contributed by atoms with Gasteiger partial charge in [-0.2, -0.15) is 34.8 Å². The van der Waals surface area contributed by atoms with E-state index in [1.54, 1.807) is 13.8 Å². The number of fused-ring (bicyclic) bond motifs is 1. The monoisotopic (exact) mass is 404 g/mol. The molecule has 0 fully saturated rings. The number of hydrogen-bond donors (Lipinski definition) is 0. The molecule has 1 aliphatic rings. The average Bonchev–Trinajstić information content (AvgIpc) is 2.51. The Morgan fingerprint density at radius 3 is 2.12 bits per heavy atom. The van der Waals surface area contributed by atoms with Crippen LogP contribution in [-0.2, 0) is 20.5 Å². The number of halogens is 6. The van der Waals surface area contributed by atoms with Gasteiger partial charge >= 0.3 is 21.8 Å². The maximum absolute atomic E-state index is 12.9. The molecular formula is C15H14F6O4S. The van der Waals surface area contributed by atoms with Gasteiger partial charge in [-0.1, -0.05) is 13.8 Å². The van der Waals surface area contributed by atoms with Crippen molar-refractivity contribution < 1.29 is 43.7 Å². The van der Waals surface area contributed by atoms with Gasteiger partial charge in [-0.15, -0.1) is 0 Å². The van der Waals surface area contributed by atoms with Crippen molar-refractivity contribution >= 4 is 15.9 Å². The summed E-state index contributed by atoms with van der Waals surface area (Å²) >= 11 is 0. The normalized spacial score (nSPS) is 17.2. The van der Waals surface area contributed by atoms with E-state index in [0.717, 1.165) is 12.1 Å². The standard InChI is InChI=1S/C15H14F6O4S/c1-3-13(4-2)8-12(25-26(22,23)15(19,20)21)10-6-5-9(14(16,17)18)7-11(10)24-13/h5-8H,3-4H2,1-2H3. The van der Waals surface area contributed by atoms with Crippen molar-refractivity contribution in [1.29, 1.82) is 0 Å². The van der Waals surface area contributed by atoms with Gasteiger partial charge in [-0.3, -0.25) is 0 Å². The third-order valence-electron chi connectivity index (χ3n) is 3.96. The highest BCUT2D eigenvalue weighted by atomic mass is 32.2. The van der Waals surface area contributed by atoms with Crippen molar-refractivity contribution in [3.8, 4) is 5.75 Å². The van der Waals surface area contributed by atoms with Crippen LogP contribution in [-0.4, -0.2) is 19.5 Å². The van der Waals surface area contributed by atoms with Gasteiger partial charge in [0, 0.05) is 6.08 Å². The summed E-state index contributed by atoms with van der Waals surface area (Å²) in [6, 6.07) is 2.02. The van der Waals surface area contributed by atoms with Crippen LogP contribution in [0.1, 0.15) is 37.8 Å². The minimum atomic E-state index is -5.99. The lowest BCUT2D eigenvalue weighted by molar-refractivity contribution is -0.137. The van der Waals surface area contributed by atoms with E-state index in [1.807, 2.05) is 0 Å². The van der Waals surface area contributed by atoms with Crippen LogP contribution < -0.4 is 4.74 Å². The van der Waals surface area contributed by atoms with E-state index in [0.29, 0.717) is 12.1 Å². The molecule has 0 unspecified atom stereocenters. The molecule has 1 heterocycles. The second-order valence-corrected chi connectivity index (χ2v) is 7.11. The summed E-state index contributed by atoms with van der Waals surface area (Å²) in [5.41, 5.74) is -8.38. The fourth-order valence-electron chi connectivity index (χ4n) is 2.38. The number of benzene rings is 1. The van der Waals surface area contributed by atoms with Crippen molar-refractivity contribution in [3.05, 3.63) is 35.4 Å². The summed E-state index contributed by atoms with van der Waals surface area (Å²) in [7, 11) is -5.99. The van der Waals surface area contributed by atoms with Gasteiger partial charge in [0.1, 0.15) is 11.4 Å². The van der Waals surface area contributed by atoms with Gasteiger partial charge in [-0.05, 0) is 31.0 Å². The molecule has 2 rings (SSSR count). The van der Waals surface area contributed by atoms with Crippen LogP contribution in [0.2, 0.25) is 0 Å². The molecule has 0 amide bonds. The summed E-state index contributed by atoms with van der Waals surface area (Å²) < 4.78 is 109. The topological polar surface area (TPSA) is 52.6 Å². The Morgan fingerprint density at radius 1 is 1.08 bits per heavy atom. The lowest BCUT2D eigenvalue weighted by Crippen LogP contribution is -2.36. The van der Waals surface area contributed by atoms with Gasteiger partial charge in [0.2, 0.25) is 0 Å². The van der Waals surface area contributed by atoms with Crippen LogP contribution in [0.5, 0.6) is 5.75 Å². The number of hydrogen-bond acceptors (Lipinski definition) is 4. The molecule has 0 aliphatic carbocycles. The molecule has 0 N–H and O–H groups in total. The van der Waals surface area contributed by atoms with Crippen molar-refractivity contribution in [1.82, 2.24) is 0 Å². The predicted octanol–water partition coefficient (Wildman–Crippen LogP) is 4.86. The molecule has 0 aromatic heterocycles. The van der Waals surface area contributed by atoms with Crippen LogP contribution in [0.15, 0.2) is 24.3 Å². The Morgan fingerprint density at radius 2 is 1.65 bits per heavy atom. The number of alkyl halides is 6. The van der Waals surface area contributed by atoms with Crippen molar-refractivity contribution in [2.24, 2.45) is 0 Å². The third-order valence-corrected chi connectivity index (χ3v) is 4.93. The Balaban J connectivity index is 2.61. The van der Waals surface area contributed by atoms with E-state index in [-0.39, 0.29) is 18.4 Å². The van der Waals surface area contributed by atoms with Gasteiger partial charge in [0.25, 0.3) is 0 Å². The quantitative estimate of drug-likeness (QED) is 0.409. The van der Waals surface area contributed by atoms with E-state index in [9.17, 15) is 34.8 Å². The largest absolute Gasteiger partial charge is 0.534 e. The first-order chi connectivity index (χ1) is 11.7. The van der Waals surface area contributed by atoms with Crippen LogP contribution in [0, 0.1) is 0 Å². The van der Waals surface area contributed by atoms with Gasteiger partial charge in [-0.25, -0.2) is 0 Å². The molecule has 146 valence electrons. The molecule has 0 saturated carbocycles. The molecule has 26 heavy (non-hydrogen) atoms. The smallest absolute Gasteiger partial charge is 0.482 e. The molecule has 1 aromatic rings. The van der Waals surface area contributed by atoms with Crippen molar-refractivity contribution in [2.45, 2.75) is 44.0 Å². The molecule has 0 atom stereocenters. The summed E-state index contributed by atoms with van der Waals surface area (Å²) in [6.45, 7) is 3.18. The summed E-state index contributed by atoms with van der Waals surface area (Å²) in [4.78, 5) is 0. The first-order valence-corrected chi connectivity index (χ1v) is 8.80. The zero-order valence-corrected chi connectivity index (χ0v) is 14.3. The number of ether oxygens (including phenoxy) is 1. The lowest BCUT2D eigenvalue weighted by atomic mass is 9.91. The predicted molar refractivity (Wildman–Crippen MR) is 79.4 cm³/mol. The van der Waals surface area contributed by atoms with Crippen LogP contribution in [0.3, 0.4) is 0 Å². The molecule has 1 aromatic carbocycles. The highest BCUT2D eigenvalue weighted by molar-refractivity contribution is 7.87. The molecule has 0 radical (unpaired) electrons. The summed E-state index contributed by atoms with van der Waals surface area (Å²) in [6.07, 6.45) is -3.33. The molecule has 1 aliphatic heterocycles. The van der Waals surface area contributed by atoms with Gasteiger partial charge < -0.3 is 8.92 Å². The first kappa shape index (κ1) is 20.4. The first-order valence-electron chi connectivity index (χ1n) is 7.39. The number of rotatable bonds is 4. The molecule has 0 bridgehead atoms. The van der Waals surface area contributed by atoms with E-state index < -0.39 is 44.5 Å². The van der Waals surface area contributed by atoms with Gasteiger partial charge in [0.05, 0.1) is 11.1 Å². The summed E-state index contributed by atoms with van der Waals surface area (Å²) in [5.74, 6) is -1.13. The average molecular weight is 404 g/mol. The van der Waals surface area contributed by atoms with Crippen LogP contribution in [0.25, 0.3) is 5.76 Å². The maximum atomic E-state index is 12.9. The Hall–Kier alpha value is -1.91. The fourth-order valence-corrected chi connectivity index (χ4v) is 2.85. The SMILES string of the molecule is CCC1(CC)C=C(OS(=O)(=O)C(F)(F)F)c2ccc(C(F)(F)F)cc2O1. The highest BCUT2D eigenvalue weighted by Gasteiger charge is 2.50. The van der Waals surface area contributed by atoms with E-state index >= 15 is 0 Å². The minimum Gasteiger partial charge on any atom is -0.482 e. The maximum Gasteiger partial charge on any atom is 0.534 e. The fraction of sp³-hybridized carbons (Fsp3) is 0.467. The third kappa shape index (κ3) is 3.76. The Labute approximate surface area is 145 Å². The van der Waals surface area contributed by atoms with Crippen LogP contribution >= 0.6 is 0 Å². The second-order valence-electron chi connectivity index (χ2n) is 5.57. The Bertz CT molecular complexity index is 820. The van der Waals surface area contributed by atoms with E-state index in [1.165, 1.54) is 0 Å². The molecule has 11 heteroatoms. The summed E-state index contributed by atoms with van der Waals surface area (Å²) in [5, 5.41) is 0. The zero-order chi connectivity index (χ0) is 20.0. The van der Waals surface area contributed by atoms with E-state index in [2.05, 4.69) is 4.18 Å². The van der Waals surface area contributed by atoms with E-state index in [4.69, 9.17) is 4.74 Å². The molecule has 4 nitrogen and oxygen atoms in total. The highest BCUT2D eigenvalue weighted by Crippen LogP contribution is 2.44. The van der Waals surface area contributed by atoms with Crippen molar-refractivity contribution in [2.75, 3.05) is 0 Å². The molecule has 0 spiro atoms. The Kier molecular flexibility index (Phi) is 4.99. The van der Waals surface area contributed by atoms with Crippen molar-refractivity contribution in [3.63, 3.8) is 0 Å². The minimum absolute atomic E-state index is 0.165.